The predicted molar refractivity (Wildman–Crippen MR) is 96.3 cm³/mol. The number of rotatable bonds is 6. The highest BCUT2D eigenvalue weighted by Gasteiger charge is 2.16. The Labute approximate surface area is 145 Å². The van der Waals surface area contributed by atoms with Crippen LogP contribution in [0.15, 0.2) is 53.6 Å². The zero-order valence-electron chi connectivity index (χ0n) is 14.1. The maximum atomic E-state index is 12.7. The molecule has 3 rings (SSSR count). The van der Waals surface area contributed by atoms with Crippen molar-refractivity contribution in [2.75, 3.05) is 0 Å². The molecule has 0 aliphatic carbocycles. The third-order valence-corrected chi connectivity index (χ3v) is 4.01. The summed E-state index contributed by atoms with van der Waals surface area (Å²) in [6.07, 6.45) is 5.15. The lowest BCUT2D eigenvalue weighted by Gasteiger charge is -2.11. The van der Waals surface area contributed by atoms with Crippen LogP contribution in [0, 0.1) is 0 Å². The molecule has 25 heavy (non-hydrogen) atoms. The molecule has 0 saturated carbocycles. The fourth-order valence-corrected chi connectivity index (χ4v) is 2.63. The van der Waals surface area contributed by atoms with Gasteiger partial charge in [0.2, 0.25) is 0 Å². The van der Waals surface area contributed by atoms with Crippen molar-refractivity contribution in [3.05, 3.63) is 70.4 Å². The molecule has 0 aliphatic rings. The molecule has 0 atom stereocenters. The predicted octanol–water partition coefficient (Wildman–Crippen LogP) is 2.52. The molecule has 2 heterocycles. The van der Waals surface area contributed by atoms with Crippen LogP contribution in [-0.4, -0.2) is 20.7 Å². The van der Waals surface area contributed by atoms with Crippen molar-refractivity contribution in [1.29, 1.82) is 0 Å². The number of nitrogens with zero attached hydrogens (tertiary/aromatic N) is 3. The summed E-state index contributed by atoms with van der Waals surface area (Å²) in [5, 5.41) is 8.29. The van der Waals surface area contributed by atoms with Crippen LogP contribution < -0.4 is 10.9 Å². The van der Waals surface area contributed by atoms with E-state index in [0.717, 1.165) is 18.4 Å². The number of amides is 1. The number of hydrogen-bond donors (Lipinski definition) is 1. The zero-order valence-corrected chi connectivity index (χ0v) is 14.1. The Bertz CT molecular complexity index is 935. The van der Waals surface area contributed by atoms with E-state index in [4.69, 9.17) is 0 Å². The highest BCUT2D eigenvalue weighted by Crippen LogP contribution is 2.13. The third kappa shape index (κ3) is 3.74. The topological polar surface area (TPSA) is 76.9 Å². The van der Waals surface area contributed by atoms with Crippen LogP contribution in [-0.2, 0) is 13.1 Å². The van der Waals surface area contributed by atoms with Gasteiger partial charge in [-0.25, -0.2) is 4.68 Å². The molecule has 128 valence electrons. The van der Waals surface area contributed by atoms with E-state index in [1.54, 1.807) is 36.7 Å². The molecule has 6 heteroatoms. The van der Waals surface area contributed by atoms with E-state index in [1.807, 2.05) is 12.1 Å². The SMILES string of the molecule is CCCCn1nc(C(=O)NCc2ccncc2)c2ccccc2c1=O. The lowest BCUT2D eigenvalue weighted by molar-refractivity contribution is 0.0945. The van der Waals surface area contributed by atoms with Gasteiger partial charge in [0.1, 0.15) is 0 Å². The normalized spacial score (nSPS) is 10.8. The summed E-state index contributed by atoms with van der Waals surface area (Å²) in [7, 11) is 0. The first kappa shape index (κ1) is 16.8. The van der Waals surface area contributed by atoms with Gasteiger partial charge < -0.3 is 5.32 Å². The Morgan fingerprint density at radius 1 is 1.12 bits per heavy atom. The molecular formula is C19H20N4O2. The summed E-state index contributed by atoms with van der Waals surface area (Å²) in [6.45, 7) is 2.94. The Morgan fingerprint density at radius 3 is 2.56 bits per heavy atom. The second-order valence-corrected chi connectivity index (χ2v) is 5.81. The molecule has 0 spiro atoms. The molecule has 0 aliphatic heterocycles. The van der Waals surface area contributed by atoms with E-state index < -0.39 is 0 Å². The van der Waals surface area contributed by atoms with Gasteiger partial charge in [0.05, 0.1) is 5.39 Å². The minimum Gasteiger partial charge on any atom is -0.347 e. The van der Waals surface area contributed by atoms with Crippen molar-refractivity contribution in [3.8, 4) is 0 Å². The average Bonchev–Trinajstić information content (AvgIpc) is 2.66. The molecule has 0 bridgehead atoms. The van der Waals surface area contributed by atoms with Crippen molar-refractivity contribution in [2.24, 2.45) is 0 Å². The Balaban J connectivity index is 1.94. The molecule has 1 N–H and O–H groups in total. The molecular weight excluding hydrogens is 316 g/mol. The van der Waals surface area contributed by atoms with Crippen molar-refractivity contribution < 1.29 is 4.79 Å². The smallest absolute Gasteiger partial charge is 0.274 e. The van der Waals surface area contributed by atoms with Gasteiger partial charge in [-0.1, -0.05) is 31.5 Å². The van der Waals surface area contributed by atoms with Crippen molar-refractivity contribution in [2.45, 2.75) is 32.9 Å². The van der Waals surface area contributed by atoms with E-state index >= 15 is 0 Å². The number of aromatic nitrogens is 3. The lowest BCUT2D eigenvalue weighted by atomic mass is 10.1. The molecule has 0 fully saturated rings. The second-order valence-electron chi connectivity index (χ2n) is 5.81. The van der Waals surface area contributed by atoms with Crippen LogP contribution >= 0.6 is 0 Å². The fraction of sp³-hybridized carbons (Fsp3) is 0.263. The number of carbonyl (C=O) groups is 1. The van der Waals surface area contributed by atoms with E-state index in [0.29, 0.717) is 23.9 Å². The maximum absolute atomic E-state index is 12.7. The number of pyridine rings is 1. The maximum Gasteiger partial charge on any atom is 0.274 e. The minimum absolute atomic E-state index is 0.158. The van der Waals surface area contributed by atoms with Gasteiger partial charge in [-0.15, -0.1) is 0 Å². The van der Waals surface area contributed by atoms with E-state index in [-0.39, 0.29) is 17.2 Å². The molecule has 1 amide bonds. The summed E-state index contributed by atoms with van der Waals surface area (Å²) in [6, 6.07) is 10.8. The monoisotopic (exact) mass is 336 g/mol. The summed E-state index contributed by atoms with van der Waals surface area (Å²) in [4.78, 5) is 29.2. The van der Waals surface area contributed by atoms with E-state index in [9.17, 15) is 9.59 Å². The van der Waals surface area contributed by atoms with Crippen molar-refractivity contribution in [3.63, 3.8) is 0 Å². The molecule has 0 unspecified atom stereocenters. The van der Waals surface area contributed by atoms with Gasteiger partial charge in [0.25, 0.3) is 11.5 Å². The van der Waals surface area contributed by atoms with E-state index in [2.05, 4.69) is 22.3 Å². The van der Waals surface area contributed by atoms with Gasteiger partial charge in [0.15, 0.2) is 5.69 Å². The first-order valence-electron chi connectivity index (χ1n) is 8.37. The number of fused-ring (bicyclic) bond motifs is 1. The van der Waals surface area contributed by atoms with Crippen LogP contribution in [0.25, 0.3) is 10.8 Å². The number of benzene rings is 1. The van der Waals surface area contributed by atoms with Crippen molar-refractivity contribution >= 4 is 16.7 Å². The molecule has 3 aromatic rings. The van der Waals surface area contributed by atoms with Crippen LogP contribution in [0.2, 0.25) is 0 Å². The first-order chi connectivity index (χ1) is 12.2. The van der Waals surface area contributed by atoms with Crippen LogP contribution in [0.3, 0.4) is 0 Å². The quantitative estimate of drug-likeness (QED) is 0.750. The summed E-state index contributed by atoms with van der Waals surface area (Å²) in [5.74, 6) is -0.293. The van der Waals surface area contributed by atoms with Crippen LogP contribution in [0.5, 0.6) is 0 Å². The second kappa shape index (κ2) is 7.70. The van der Waals surface area contributed by atoms with Gasteiger partial charge >= 0.3 is 0 Å². The van der Waals surface area contributed by atoms with Crippen molar-refractivity contribution in [1.82, 2.24) is 20.1 Å². The molecule has 1 aromatic carbocycles. The summed E-state index contributed by atoms with van der Waals surface area (Å²) in [5.41, 5.74) is 1.07. The highest BCUT2D eigenvalue weighted by molar-refractivity contribution is 6.04. The van der Waals surface area contributed by atoms with Crippen LogP contribution in [0.1, 0.15) is 35.8 Å². The summed E-state index contributed by atoms with van der Waals surface area (Å²) >= 11 is 0. The van der Waals surface area contributed by atoms with Gasteiger partial charge in [-0.05, 0) is 30.2 Å². The number of unbranched alkanes of at least 4 members (excludes halogenated alkanes) is 1. The lowest BCUT2D eigenvalue weighted by Crippen LogP contribution is -2.30. The largest absolute Gasteiger partial charge is 0.347 e. The van der Waals surface area contributed by atoms with Gasteiger partial charge in [-0.2, -0.15) is 5.10 Å². The number of hydrogen-bond acceptors (Lipinski definition) is 4. The van der Waals surface area contributed by atoms with Gasteiger partial charge in [0, 0.05) is 30.9 Å². The highest BCUT2D eigenvalue weighted by atomic mass is 16.2. The minimum atomic E-state index is -0.293. The fourth-order valence-electron chi connectivity index (χ4n) is 2.63. The Hall–Kier alpha value is -3.02. The first-order valence-corrected chi connectivity index (χ1v) is 8.37. The molecule has 2 aromatic heterocycles. The van der Waals surface area contributed by atoms with E-state index in [1.165, 1.54) is 4.68 Å². The average molecular weight is 336 g/mol. The number of aryl methyl sites for hydroxylation is 1. The Kier molecular flexibility index (Phi) is 5.18. The number of carbonyl (C=O) groups excluding carboxylic acids is 1. The molecule has 0 saturated heterocycles. The number of nitrogens with one attached hydrogen (secondary N) is 1. The molecule has 6 nitrogen and oxygen atoms in total. The summed E-state index contributed by atoms with van der Waals surface area (Å²) < 4.78 is 1.40. The standard InChI is InChI=1S/C19H20N4O2/c1-2-3-12-23-19(25)16-7-5-4-6-15(16)17(22-23)18(24)21-13-14-8-10-20-11-9-14/h4-11H,2-3,12-13H2,1H3,(H,21,24). The third-order valence-electron chi connectivity index (χ3n) is 4.01. The van der Waals surface area contributed by atoms with Gasteiger partial charge in [-0.3, -0.25) is 14.6 Å². The molecule has 0 radical (unpaired) electrons. The zero-order chi connectivity index (χ0) is 17.6. The van der Waals surface area contributed by atoms with Crippen LogP contribution in [0.4, 0.5) is 0 Å². The Morgan fingerprint density at radius 2 is 1.84 bits per heavy atom.